The molecular weight excluding hydrogens is 453 g/mol. The third kappa shape index (κ3) is 7.29. The van der Waals surface area contributed by atoms with Crippen LogP contribution in [0.4, 0.5) is 0 Å². The second kappa shape index (κ2) is 11.5. The minimum atomic E-state index is -0.216. The van der Waals surface area contributed by atoms with Crippen LogP contribution < -0.4 is 11.1 Å². The third-order valence-electron chi connectivity index (χ3n) is 5.06. The predicted molar refractivity (Wildman–Crippen MR) is 122 cm³/mol. The van der Waals surface area contributed by atoms with Crippen LogP contribution in [0.25, 0.3) is 0 Å². The van der Waals surface area contributed by atoms with Crippen molar-refractivity contribution in [3.05, 3.63) is 35.4 Å². The van der Waals surface area contributed by atoms with Crippen LogP contribution in [0.2, 0.25) is 0 Å². The van der Waals surface area contributed by atoms with Gasteiger partial charge in [0.25, 0.3) is 0 Å². The maximum Gasteiger partial charge on any atom is 0.217 e. The van der Waals surface area contributed by atoms with Gasteiger partial charge in [-0.1, -0.05) is 29.8 Å². The highest BCUT2D eigenvalue weighted by Gasteiger charge is 2.24. The molecule has 0 spiro atoms. The van der Waals surface area contributed by atoms with E-state index in [0.717, 1.165) is 38.4 Å². The molecule has 1 fully saturated rings. The molecule has 0 radical (unpaired) electrons. The molecule has 0 aliphatic carbocycles. The van der Waals surface area contributed by atoms with E-state index in [2.05, 4.69) is 65.4 Å². The molecule has 0 saturated carbocycles. The Morgan fingerprint density at radius 2 is 2.04 bits per heavy atom. The number of carbonyl (C=O) groups excluding carboxylic acids is 1. The number of primary amides is 1. The van der Waals surface area contributed by atoms with Gasteiger partial charge in [-0.25, -0.2) is 0 Å². The average molecular weight is 487 g/mol. The summed E-state index contributed by atoms with van der Waals surface area (Å²) in [6.45, 7) is 4.68. The summed E-state index contributed by atoms with van der Waals surface area (Å²) in [6, 6.07) is 8.94. The van der Waals surface area contributed by atoms with Crippen LogP contribution in [0.3, 0.4) is 0 Å². The SMILES string of the molecule is CN=C(NCC(c1ccc(C)cc1)N(C)C)N1CCCC(CC(N)=O)C1.I. The van der Waals surface area contributed by atoms with Gasteiger partial charge >= 0.3 is 0 Å². The number of nitrogens with two attached hydrogens (primary N) is 1. The van der Waals surface area contributed by atoms with E-state index in [1.165, 1.54) is 11.1 Å². The Hall–Kier alpha value is -1.35. The normalized spacial score (nSPS) is 18.8. The number of aliphatic imine (C=N–C) groups is 1. The van der Waals surface area contributed by atoms with E-state index in [0.29, 0.717) is 12.3 Å². The van der Waals surface area contributed by atoms with Gasteiger partial charge in [0.1, 0.15) is 0 Å². The minimum absolute atomic E-state index is 0. The molecule has 2 rings (SSSR count). The van der Waals surface area contributed by atoms with Crippen LogP contribution in [0.5, 0.6) is 0 Å². The number of hydrogen-bond donors (Lipinski definition) is 2. The molecule has 2 unspecified atom stereocenters. The van der Waals surface area contributed by atoms with Crippen molar-refractivity contribution < 1.29 is 4.79 Å². The van der Waals surface area contributed by atoms with Crippen molar-refractivity contribution in [2.75, 3.05) is 40.8 Å². The van der Waals surface area contributed by atoms with Crippen molar-refractivity contribution in [3.8, 4) is 0 Å². The van der Waals surface area contributed by atoms with E-state index in [1.54, 1.807) is 0 Å². The Balaban J connectivity index is 0.00000364. The number of guanidine groups is 1. The lowest BCUT2D eigenvalue weighted by Gasteiger charge is -2.35. The van der Waals surface area contributed by atoms with Crippen LogP contribution in [0, 0.1) is 12.8 Å². The van der Waals surface area contributed by atoms with Crippen molar-refractivity contribution in [2.45, 2.75) is 32.2 Å². The summed E-state index contributed by atoms with van der Waals surface area (Å²) in [4.78, 5) is 20.2. The molecule has 1 aromatic carbocycles. The van der Waals surface area contributed by atoms with Gasteiger partial charge in [-0.3, -0.25) is 9.79 Å². The van der Waals surface area contributed by atoms with Gasteiger partial charge in [0.2, 0.25) is 5.91 Å². The Morgan fingerprint density at radius 3 is 2.59 bits per heavy atom. The molecule has 3 N–H and O–H groups in total. The van der Waals surface area contributed by atoms with Crippen molar-refractivity contribution in [2.24, 2.45) is 16.6 Å². The first kappa shape index (κ1) is 23.7. The van der Waals surface area contributed by atoms with E-state index in [1.807, 2.05) is 7.05 Å². The summed E-state index contributed by atoms with van der Waals surface area (Å²) in [7, 11) is 6.01. The van der Waals surface area contributed by atoms with E-state index in [-0.39, 0.29) is 35.9 Å². The summed E-state index contributed by atoms with van der Waals surface area (Å²) in [5, 5.41) is 3.53. The lowest BCUT2D eigenvalue weighted by Crippen LogP contribution is -2.48. The van der Waals surface area contributed by atoms with Gasteiger partial charge in [-0.15, -0.1) is 24.0 Å². The van der Waals surface area contributed by atoms with Gasteiger partial charge < -0.3 is 20.9 Å². The van der Waals surface area contributed by atoms with Gasteiger partial charge in [0, 0.05) is 33.1 Å². The number of likely N-dealkylation sites (tertiary alicyclic amines) is 1. The molecule has 6 nitrogen and oxygen atoms in total. The number of benzene rings is 1. The number of hydrogen-bond acceptors (Lipinski definition) is 3. The fourth-order valence-corrected chi connectivity index (χ4v) is 3.62. The van der Waals surface area contributed by atoms with Crippen molar-refractivity contribution in [3.63, 3.8) is 0 Å². The van der Waals surface area contributed by atoms with Crippen molar-refractivity contribution >= 4 is 35.8 Å². The van der Waals surface area contributed by atoms with Crippen LogP contribution in [0.1, 0.15) is 36.4 Å². The van der Waals surface area contributed by atoms with Gasteiger partial charge in [0.15, 0.2) is 5.96 Å². The highest BCUT2D eigenvalue weighted by Crippen LogP contribution is 2.21. The number of likely N-dealkylation sites (N-methyl/N-ethyl adjacent to an activating group) is 1. The summed E-state index contributed by atoms with van der Waals surface area (Å²) < 4.78 is 0. The standard InChI is InChI=1S/C20H33N5O.HI/c1-15-7-9-17(10-8-15)18(24(3)4)13-23-20(22-2)25-11-5-6-16(14-25)12-19(21)26;/h7-10,16,18H,5-6,11-14H2,1-4H3,(H2,21,26)(H,22,23);1H. The molecule has 7 heteroatoms. The predicted octanol–water partition coefficient (Wildman–Crippen LogP) is 2.38. The van der Waals surface area contributed by atoms with Crippen LogP contribution in [0.15, 0.2) is 29.3 Å². The number of carbonyl (C=O) groups is 1. The summed E-state index contributed by atoms with van der Waals surface area (Å²) in [5.74, 6) is 1.01. The molecule has 2 atom stereocenters. The molecule has 27 heavy (non-hydrogen) atoms. The molecular formula is C20H34IN5O. The fourth-order valence-electron chi connectivity index (χ4n) is 3.62. The fraction of sp³-hybridized carbons (Fsp3) is 0.600. The zero-order valence-corrected chi connectivity index (χ0v) is 19.3. The molecule has 1 heterocycles. The van der Waals surface area contributed by atoms with E-state index >= 15 is 0 Å². The van der Waals surface area contributed by atoms with Crippen LogP contribution >= 0.6 is 24.0 Å². The first-order chi connectivity index (χ1) is 12.4. The number of aryl methyl sites for hydroxylation is 1. The first-order valence-electron chi connectivity index (χ1n) is 9.37. The largest absolute Gasteiger partial charge is 0.370 e. The quantitative estimate of drug-likeness (QED) is 0.367. The zero-order chi connectivity index (χ0) is 19.1. The Morgan fingerprint density at radius 1 is 1.37 bits per heavy atom. The molecule has 1 aromatic rings. The van der Waals surface area contributed by atoms with Crippen LogP contribution in [-0.4, -0.2) is 62.4 Å². The van der Waals surface area contributed by atoms with Gasteiger partial charge in [0.05, 0.1) is 6.04 Å². The number of nitrogens with one attached hydrogen (secondary N) is 1. The average Bonchev–Trinajstić information content (AvgIpc) is 2.59. The molecule has 1 saturated heterocycles. The first-order valence-corrected chi connectivity index (χ1v) is 9.37. The Labute approximate surface area is 180 Å². The smallest absolute Gasteiger partial charge is 0.217 e. The molecule has 0 bridgehead atoms. The Bertz CT molecular complexity index is 617. The summed E-state index contributed by atoms with van der Waals surface area (Å²) >= 11 is 0. The number of amides is 1. The number of halogens is 1. The maximum atomic E-state index is 11.2. The second-order valence-corrected chi connectivity index (χ2v) is 7.44. The van der Waals surface area contributed by atoms with E-state index in [9.17, 15) is 4.79 Å². The van der Waals surface area contributed by atoms with E-state index in [4.69, 9.17) is 5.73 Å². The third-order valence-corrected chi connectivity index (χ3v) is 5.06. The molecule has 152 valence electrons. The highest BCUT2D eigenvalue weighted by molar-refractivity contribution is 14.0. The molecule has 0 aromatic heterocycles. The van der Waals surface area contributed by atoms with Gasteiger partial charge in [-0.2, -0.15) is 0 Å². The lowest BCUT2D eigenvalue weighted by molar-refractivity contribution is -0.119. The number of nitrogens with zero attached hydrogens (tertiary/aromatic N) is 3. The minimum Gasteiger partial charge on any atom is -0.370 e. The number of rotatable bonds is 6. The topological polar surface area (TPSA) is 74.0 Å². The van der Waals surface area contributed by atoms with Crippen molar-refractivity contribution in [1.29, 1.82) is 0 Å². The second-order valence-electron chi connectivity index (χ2n) is 7.44. The maximum absolute atomic E-state index is 11.2. The van der Waals surface area contributed by atoms with Crippen LogP contribution in [-0.2, 0) is 4.79 Å². The Kier molecular flexibility index (Phi) is 10.1. The lowest BCUT2D eigenvalue weighted by atomic mass is 9.95. The number of piperidine rings is 1. The summed E-state index contributed by atoms with van der Waals surface area (Å²) in [5.41, 5.74) is 7.93. The zero-order valence-electron chi connectivity index (χ0n) is 16.9. The monoisotopic (exact) mass is 487 g/mol. The molecule has 1 amide bonds. The van der Waals surface area contributed by atoms with Gasteiger partial charge in [-0.05, 0) is 45.3 Å². The van der Waals surface area contributed by atoms with Crippen molar-refractivity contribution in [1.82, 2.24) is 15.1 Å². The molecule has 1 aliphatic heterocycles. The van der Waals surface area contributed by atoms with E-state index < -0.39 is 0 Å². The highest BCUT2D eigenvalue weighted by atomic mass is 127. The molecule has 1 aliphatic rings. The summed E-state index contributed by atoms with van der Waals surface area (Å²) in [6.07, 6.45) is 2.57.